The first kappa shape index (κ1) is 17.2. The van der Waals surface area contributed by atoms with Gasteiger partial charge in [0.1, 0.15) is 29.2 Å². The van der Waals surface area contributed by atoms with Crippen LogP contribution in [0.15, 0.2) is 40.2 Å². The Bertz CT molecular complexity index is 1160. The second-order valence-corrected chi connectivity index (χ2v) is 9.31. The Labute approximate surface area is 147 Å². The van der Waals surface area contributed by atoms with Gasteiger partial charge in [-0.05, 0) is 12.1 Å². The summed E-state index contributed by atoms with van der Waals surface area (Å²) in [5, 5.41) is 9.46. The number of imidazole rings is 1. The normalized spacial score (nSPS) is 12.7. The van der Waals surface area contributed by atoms with Crippen LogP contribution in [0.3, 0.4) is 0 Å². The smallest absolute Gasteiger partial charge is 0.220 e. The molecule has 0 fully saturated rings. The second-order valence-electron chi connectivity index (χ2n) is 5.49. The molecule has 0 spiro atoms. The highest BCUT2D eigenvalue weighted by molar-refractivity contribution is 7.92. The molecule has 0 amide bonds. The van der Waals surface area contributed by atoms with E-state index < -0.39 is 20.5 Å². The van der Waals surface area contributed by atoms with Crippen LogP contribution in [0.2, 0.25) is 0 Å². The molecule has 0 saturated heterocycles. The zero-order valence-corrected chi connectivity index (χ0v) is 15.3. The van der Waals surface area contributed by atoms with Gasteiger partial charge in [-0.15, -0.1) is 0 Å². The molecule has 0 N–H and O–H groups in total. The lowest BCUT2D eigenvalue weighted by Crippen LogP contribution is -2.06. The van der Waals surface area contributed by atoms with Crippen LogP contribution >= 0.6 is 0 Å². The van der Waals surface area contributed by atoms with Gasteiger partial charge in [-0.1, -0.05) is 6.07 Å². The van der Waals surface area contributed by atoms with Crippen LogP contribution in [0.4, 0.5) is 5.69 Å². The number of benzene rings is 1. The fourth-order valence-electron chi connectivity index (χ4n) is 2.26. The fourth-order valence-corrected chi connectivity index (χ4v) is 3.30. The summed E-state index contributed by atoms with van der Waals surface area (Å²) in [5.74, 6) is 0.288. The predicted molar refractivity (Wildman–Crippen MR) is 95.8 cm³/mol. The van der Waals surface area contributed by atoms with Gasteiger partial charge >= 0.3 is 0 Å². The Balaban J connectivity index is 2.31. The summed E-state index contributed by atoms with van der Waals surface area (Å²) >= 11 is 0. The van der Waals surface area contributed by atoms with E-state index in [4.69, 9.17) is 0 Å². The lowest BCUT2D eigenvalue weighted by molar-refractivity contribution is 0.678. The third-order valence-electron chi connectivity index (χ3n) is 3.23. The minimum Gasteiger partial charge on any atom is -0.282 e. The maximum Gasteiger partial charge on any atom is 0.220 e. The summed E-state index contributed by atoms with van der Waals surface area (Å²) < 4.78 is 29.5. The van der Waals surface area contributed by atoms with E-state index in [2.05, 4.69) is 19.3 Å². The van der Waals surface area contributed by atoms with Crippen molar-refractivity contribution >= 4 is 37.2 Å². The van der Waals surface area contributed by atoms with Crippen molar-refractivity contribution in [3.8, 4) is 11.9 Å². The molecule has 1 aromatic carbocycles. The molecule has 0 radical (unpaired) electrons. The average Bonchev–Trinajstić information content (AvgIpc) is 2.97. The molecule has 0 aliphatic heterocycles. The van der Waals surface area contributed by atoms with Crippen molar-refractivity contribution in [3.05, 3.63) is 36.3 Å². The number of fused-ring (bicyclic) bond motifs is 1. The molecule has 0 bridgehead atoms. The van der Waals surface area contributed by atoms with Gasteiger partial charge in [-0.3, -0.25) is 8.78 Å². The molecule has 0 aliphatic carbocycles. The van der Waals surface area contributed by atoms with E-state index >= 15 is 0 Å². The molecular weight excluding hydrogens is 360 g/mol. The first-order valence-electron chi connectivity index (χ1n) is 7.04. The van der Waals surface area contributed by atoms with E-state index in [0.29, 0.717) is 16.7 Å². The largest absolute Gasteiger partial charge is 0.282 e. The topological polar surface area (TPSA) is 114 Å². The maximum atomic E-state index is 12.0. The van der Waals surface area contributed by atoms with Crippen molar-refractivity contribution in [1.29, 1.82) is 5.26 Å². The molecule has 8 nitrogen and oxygen atoms in total. The molecule has 0 aliphatic rings. The van der Waals surface area contributed by atoms with Crippen LogP contribution in [-0.2, 0) is 20.5 Å². The Hall–Kier alpha value is -2.64. The monoisotopic (exact) mass is 374 g/mol. The number of hydrogen-bond acceptors (Lipinski definition) is 7. The van der Waals surface area contributed by atoms with E-state index in [1.54, 1.807) is 35.3 Å². The van der Waals surface area contributed by atoms with Gasteiger partial charge in [0, 0.05) is 28.5 Å². The lowest BCUT2D eigenvalue weighted by atomic mass is 10.2. The molecule has 2 aromatic heterocycles. The summed E-state index contributed by atoms with van der Waals surface area (Å²) in [4.78, 5) is 12.5. The number of rotatable bonds is 3. The molecule has 10 heteroatoms. The third kappa shape index (κ3) is 3.42. The zero-order valence-electron chi connectivity index (χ0n) is 13.7. The SMILES string of the molecule is CS(=O)c1ncc(C#N)c(-n2cnc3c(N=S(C)(C)=O)cccc32)n1. The first-order valence-corrected chi connectivity index (χ1v) is 10.9. The van der Waals surface area contributed by atoms with Crippen molar-refractivity contribution in [2.45, 2.75) is 5.16 Å². The van der Waals surface area contributed by atoms with Crippen LogP contribution in [0.5, 0.6) is 0 Å². The summed E-state index contributed by atoms with van der Waals surface area (Å²) in [6.45, 7) is 0. The minimum atomic E-state index is -2.35. The number of aromatic nitrogens is 4. The van der Waals surface area contributed by atoms with E-state index in [1.807, 2.05) is 6.07 Å². The molecule has 3 rings (SSSR count). The zero-order chi connectivity index (χ0) is 18.2. The minimum absolute atomic E-state index is 0.127. The van der Waals surface area contributed by atoms with Crippen LogP contribution in [-0.4, -0.2) is 46.7 Å². The fraction of sp³-hybridized carbons (Fsp3) is 0.200. The molecule has 2 heterocycles. The molecule has 1 atom stereocenters. The quantitative estimate of drug-likeness (QED) is 0.646. The van der Waals surface area contributed by atoms with Crippen LogP contribution in [0.25, 0.3) is 16.9 Å². The molecule has 3 aromatic rings. The van der Waals surface area contributed by atoms with Crippen LogP contribution in [0.1, 0.15) is 5.56 Å². The maximum absolute atomic E-state index is 12.0. The van der Waals surface area contributed by atoms with Crippen molar-refractivity contribution in [3.63, 3.8) is 0 Å². The summed E-state index contributed by atoms with van der Waals surface area (Å²) in [7, 11) is -3.73. The van der Waals surface area contributed by atoms with Crippen LogP contribution < -0.4 is 0 Å². The van der Waals surface area contributed by atoms with Gasteiger partial charge in [-0.2, -0.15) is 9.62 Å². The second kappa shape index (κ2) is 6.34. The average molecular weight is 374 g/mol. The van der Waals surface area contributed by atoms with Gasteiger partial charge in [0.15, 0.2) is 5.82 Å². The Morgan fingerprint density at radius 1 is 1.32 bits per heavy atom. The van der Waals surface area contributed by atoms with Gasteiger partial charge in [0.25, 0.3) is 0 Å². The highest BCUT2D eigenvalue weighted by atomic mass is 32.2. The van der Waals surface area contributed by atoms with Gasteiger partial charge in [0.05, 0.1) is 22.5 Å². The van der Waals surface area contributed by atoms with E-state index in [0.717, 1.165) is 0 Å². The molecular formula is C15H14N6O2S2. The lowest BCUT2D eigenvalue weighted by Gasteiger charge is -2.07. The van der Waals surface area contributed by atoms with E-state index in [-0.39, 0.29) is 16.5 Å². The van der Waals surface area contributed by atoms with Crippen molar-refractivity contribution < 1.29 is 8.42 Å². The number of nitriles is 1. The predicted octanol–water partition coefficient (Wildman–Crippen LogP) is 1.78. The Morgan fingerprint density at radius 2 is 2.08 bits per heavy atom. The highest BCUT2D eigenvalue weighted by Crippen LogP contribution is 2.28. The highest BCUT2D eigenvalue weighted by Gasteiger charge is 2.15. The van der Waals surface area contributed by atoms with Crippen molar-refractivity contribution in [2.75, 3.05) is 18.8 Å². The van der Waals surface area contributed by atoms with Crippen molar-refractivity contribution in [1.82, 2.24) is 19.5 Å². The number of nitrogens with zero attached hydrogens (tertiary/aromatic N) is 6. The number of hydrogen-bond donors (Lipinski definition) is 0. The van der Waals surface area contributed by atoms with Gasteiger partial charge < -0.3 is 0 Å². The first-order chi connectivity index (χ1) is 11.8. The van der Waals surface area contributed by atoms with Gasteiger partial charge in [0.2, 0.25) is 5.16 Å². The molecule has 128 valence electrons. The van der Waals surface area contributed by atoms with Crippen molar-refractivity contribution in [2.24, 2.45) is 4.36 Å². The van der Waals surface area contributed by atoms with Crippen LogP contribution in [0, 0.1) is 11.3 Å². The number of para-hydroxylation sites is 1. The van der Waals surface area contributed by atoms with E-state index in [1.165, 1.54) is 18.8 Å². The molecule has 0 saturated carbocycles. The molecule has 1 unspecified atom stereocenters. The standard InChI is InChI=1S/C15H14N6O2S2/c1-24(22)15-17-8-10(7-16)14(19-15)21-9-18-13-11(20-25(2,3)23)5-4-6-12(13)21/h4-6,8-9H,1-3H3. The Morgan fingerprint density at radius 3 is 2.72 bits per heavy atom. The Kier molecular flexibility index (Phi) is 4.36. The summed E-state index contributed by atoms with van der Waals surface area (Å²) in [5.41, 5.74) is 1.91. The van der Waals surface area contributed by atoms with E-state index in [9.17, 15) is 13.7 Å². The van der Waals surface area contributed by atoms with Gasteiger partial charge in [-0.25, -0.2) is 19.2 Å². The summed E-state index contributed by atoms with van der Waals surface area (Å²) in [6, 6.07) is 7.30. The summed E-state index contributed by atoms with van der Waals surface area (Å²) in [6.07, 6.45) is 7.40. The third-order valence-corrected chi connectivity index (χ3v) is 4.57. The molecule has 25 heavy (non-hydrogen) atoms.